The van der Waals surface area contributed by atoms with Gasteiger partial charge in [0.2, 0.25) is 5.95 Å². The van der Waals surface area contributed by atoms with Crippen LogP contribution < -0.4 is 15.5 Å². The van der Waals surface area contributed by atoms with Crippen LogP contribution in [0.2, 0.25) is 0 Å². The first-order valence-corrected chi connectivity index (χ1v) is 10.6. The van der Waals surface area contributed by atoms with Crippen molar-refractivity contribution in [3.63, 3.8) is 0 Å². The summed E-state index contributed by atoms with van der Waals surface area (Å²) in [6.07, 6.45) is -3.87. The lowest BCUT2D eigenvalue weighted by atomic mass is 10.00. The van der Waals surface area contributed by atoms with Crippen LogP contribution in [0.1, 0.15) is 35.3 Å². The second kappa shape index (κ2) is 9.12. The van der Waals surface area contributed by atoms with Gasteiger partial charge >= 0.3 is 6.18 Å². The van der Waals surface area contributed by atoms with Crippen LogP contribution in [-0.2, 0) is 19.1 Å². The molecule has 9 heteroatoms. The van der Waals surface area contributed by atoms with E-state index < -0.39 is 11.9 Å². The van der Waals surface area contributed by atoms with Crippen molar-refractivity contribution in [2.75, 3.05) is 16.8 Å². The minimum atomic E-state index is -4.60. The van der Waals surface area contributed by atoms with Gasteiger partial charge in [0.25, 0.3) is 0 Å². The maximum Gasteiger partial charge on any atom is 0.433 e. The molecule has 0 radical (unpaired) electrons. The highest BCUT2D eigenvalue weighted by Gasteiger charge is 2.34. The predicted octanol–water partition coefficient (Wildman–Crippen LogP) is 5.11. The Kier molecular flexibility index (Phi) is 6.27. The summed E-state index contributed by atoms with van der Waals surface area (Å²) in [6.45, 7) is 2.96. The molecule has 4 rings (SSSR count). The molecule has 1 aromatic heterocycles. The Labute approximate surface area is 189 Å². The van der Waals surface area contributed by atoms with Gasteiger partial charge in [0, 0.05) is 19.2 Å². The minimum Gasteiger partial charge on any atom is -0.356 e. The molecule has 0 fully saturated rings. The molecule has 3 aromatic rings. The monoisotopic (exact) mass is 457 g/mol. The molecule has 166 valence electrons. The van der Waals surface area contributed by atoms with Crippen LogP contribution in [0.15, 0.2) is 60.7 Å². The first-order chi connectivity index (χ1) is 15.3. The normalized spacial score (nSPS) is 14.4. The van der Waals surface area contributed by atoms with Crippen molar-refractivity contribution in [1.29, 1.82) is 0 Å². The molecule has 1 aliphatic rings. The van der Waals surface area contributed by atoms with E-state index in [2.05, 4.69) is 20.6 Å². The molecule has 0 unspecified atom stereocenters. The fraction of sp³-hybridized carbons (Fsp3) is 0.261. The molecule has 0 bridgehead atoms. The van der Waals surface area contributed by atoms with Crippen molar-refractivity contribution < 1.29 is 13.2 Å². The molecule has 0 aliphatic carbocycles. The van der Waals surface area contributed by atoms with Crippen molar-refractivity contribution in [3.05, 3.63) is 83.0 Å². The topological polar surface area (TPSA) is 53.1 Å². The Hall–Kier alpha value is -3.20. The zero-order valence-electron chi connectivity index (χ0n) is 17.4. The number of fused-ring (bicyclic) bond motifs is 1. The molecular formula is C23H22F3N5S. The highest BCUT2D eigenvalue weighted by atomic mass is 32.1. The second-order valence-corrected chi connectivity index (χ2v) is 8.01. The summed E-state index contributed by atoms with van der Waals surface area (Å²) < 4.78 is 40.6. The molecule has 0 saturated carbocycles. The number of hydrogen-bond donors (Lipinski definition) is 2. The van der Waals surface area contributed by atoms with Gasteiger partial charge in [-0.2, -0.15) is 18.2 Å². The zero-order chi connectivity index (χ0) is 22.7. The fourth-order valence-electron chi connectivity index (χ4n) is 3.65. The van der Waals surface area contributed by atoms with Crippen molar-refractivity contribution >= 4 is 29.1 Å². The average Bonchev–Trinajstić information content (AvgIpc) is 2.78. The third-order valence-corrected chi connectivity index (χ3v) is 5.55. The summed E-state index contributed by atoms with van der Waals surface area (Å²) in [7, 11) is 0. The number of nitrogens with zero attached hydrogens (tertiary/aromatic N) is 3. The summed E-state index contributed by atoms with van der Waals surface area (Å²) in [4.78, 5) is 9.83. The lowest BCUT2D eigenvalue weighted by molar-refractivity contribution is -0.141. The molecule has 1 atom stereocenters. The average molecular weight is 458 g/mol. The van der Waals surface area contributed by atoms with E-state index in [1.54, 1.807) is 0 Å². The molecule has 32 heavy (non-hydrogen) atoms. The SMILES string of the molecule is C[C@H](NC(=S)Nc1nc(N2CCc3ccccc3C2)cc(C(F)(F)F)n1)c1ccccc1. The summed E-state index contributed by atoms with van der Waals surface area (Å²) in [6, 6.07) is 18.4. The molecule has 2 aromatic carbocycles. The van der Waals surface area contributed by atoms with Gasteiger partial charge in [0.05, 0.1) is 6.04 Å². The van der Waals surface area contributed by atoms with Crippen molar-refractivity contribution in [1.82, 2.24) is 15.3 Å². The smallest absolute Gasteiger partial charge is 0.356 e. The number of anilines is 2. The molecular weight excluding hydrogens is 435 g/mol. The van der Waals surface area contributed by atoms with Crippen molar-refractivity contribution in [3.8, 4) is 0 Å². The number of alkyl halides is 3. The number of benzene rings is 2. The van der Waals surface area contributed by atoms with E-state index in [1.807, 2.05) is 66.4 Å². The van der Waals surface area contributed by atoms with E-state index in [-0.39, 0.29) is 22.9 Å². The van der Waals surface area contributed by atoms with Crippen molar-refractivity contribution in [2.45, 2.75) is 32.1 Å². The maximum atomic E-state index is 13.5. The Morgan fingerprint density at radius 3 is 2.44 bits per heavy atom. The largest absolute Gasteiger partial charge is 0.433 e. The van der Waals surface area contributed by atoms with Gasteiger partial charge in [-0.25, -0.2) is 4.98 Å². The lowest BCUT2D eigenvalue weighted by Gasteiger charge is -2.30. The molecule has 5 nitrogen and oxygen atoms in total. The van der Waals surface area contributed by atoms with Crippen LogP contribution in [0, 0.1) is 0 Å². The van der Waals surface area contributed by atoms with E-state index in [0.717, 1.165) is 23.6 Å². The fourth-order valence-corrected chi connectivity index (χ4v) is 3.92. The van der Waals surface area contributed by atoms with Gasteiger partial charge in [0.15, 0.2) is 10.8 Å². The van der Waals surface area contributed by atoms with Crippen molar-refractivity contribution in [2.24, 2.45) is 0 Å². The summed E-state index contributed by atoms with van der Waals surface area (Å²) in [5.41, 5.74) is 2.26. The van der Waals surface area contributed by atoms with Crippen LogP contribution >= 0.6 is 12.2 Å². The third kappa shape index (κ3) is 5.16. The summed E-state index contributed by atoms with van der Waals surface area (Å²) in [5.74, 6) is 0.0229. The third-order valence-electron chi connectivity index (χ3n) is 5.33. The number of aromatic nitrogens is 2. The Bertz CT molecular complexity index is 1100. The van der Waals surface area contributed by atoms with Gasteiger partial charge in [-0.1, -0.05) is 54.6 Å². The Balaban J connectivity index is 1.55. The van der Waals surface area contributed by atoms with Gasteiger partial charge in [-0.05, 0) is 42.3 Å². The van der Waals surface area contributed by atoms with Gasteiger partial charge in [0.1, 0.15) is 5.82 Å². The van der Waals surface area contributed by atoms with Crippen LogP contribution in [0.5, 0.6) is 0 Å². The number of hydrogen-bond acceptors (Lipinski definition) is 4. The van der Waals surface area contributed by atoms with E-state index in [0.29, 0.717) is 13.1 Å². The Morgan fingerprint density at radius 1 is 1.03 bits per heavy atom. The van der Waals surface area contributed by atoms with E-state index in [4.69, 9.17) is 12.2 Å². The molecule has 2 heterocycles. The number of halogens is 3. The van der Waals surface area contributed by atoms with Crippen LogP contribution in [0.4, 0.5) is 24.9 Å². The molecule has 0 amide bonds. The molecule has 0 spiro atoms. The lowest BCUT2D eigenvalue weighted by Crippen LogP contribution is -2.33. The standard InChI is InChI=1S/C23H22F3N5S/c1-15(16-7-3-2-4-8-16)27-22(32)30-21-28-19(23(24,25)26)13-20(29-21)31-12-11-17-9-5-6-10-18(17)14-31/h2-10,13,15H,11-12,14H2,1H3,(H2,27,28,29,30,32)/t15-/m0/s1. The summed E-state index contributed by atoms with van der Waals surface area (Å²) in [5, 5.41) is 5.93. The molecule has 2 N–H and O–H groups in total. The number of rotatable bonds is 4. The minimum absolute atomic E-state index is 0.139. The predicted molar refractivity (Wildman–Crippen MR) is 122 cm³/mol. The summed E-state index contributed by atoms with van der Waals surface area (Å²) >= 11 is 5.30. The van der Waals surface area contributed by atoms with Crippen LogP contribution in [0.3, 0.4) is 0 Å². The van der Waals surface area contributed by atoms with E-state index in [1.165, 1.54) is 5.56 Å². The van der Waals surface area contributed by atoms with E-state index >= 15 is 0 Å². The van der Waals surface area contributed by atoms with Gasteiger partial charge < -0.3 is 15.5 Å². The number of thiocarbonyl (C=S) groups is 1. The van der Waals surface area contributed by atoms with Gasteiger partial charge in [-0.15, -0.1) is 0 Å². The van der Waals surface area contributed by atoms with E-state index in [9.17, 15) is 13.2 Å². The quantitative estimate of drug-likeness (QED) is 0.532. The maximum absolute atomic E-state index is 13.5. The first-order valence-electron chi connectivity index (χ1n) is 10.2. The van der Waals surface area contributed by atoms with Gasteiger partial charge in [-0.3, -0.25) is 0 Å². The second-order valence-electron chi connectivity index (χ2n) is 7.60. The van der Waals surface area contributed by atoms with Crippen LogP contribution in [-0.4, -0.2) is 21.6 Å². The highest BCUT2D eigenvalue weighted by molar-refractivity contribution is 7.80. The highest BCUT2D eigenvalue weighted by Crippen LogP contribution is 2.32. The first kappa shape index (κ1) is 22.0. The number of nitrogens with one attached hydrogen (secondary N) is 2. The zero-order valence-corrected chi connectivity index (χ0v) is 18.2. The molecule has 0 saturated heterocycles. The molecule has 1 aliphatic heterocycles. The Morgan fingerprint density at radius 2 is 1.72 bits per heavy atom. The van der Waals surface area contributed by atoms with Crippen LogP contribution in [0.25, 0.3) is 0 Å².